The molecule has 0 unspecified atom stereocenters. The van der Waals surface area contributed by atoms with E-state index in [1.54, 1.807) is 11.3 Å². The molecule has 0 radical (unpaired) electrons. The molecule has 0 N–H and O–H groups in total. The van der Waals surface area contributed by atoms with Gasteiger partial charge in [-0.05, 0) is 43.7 Å². The lowest BCUT2D eigenvalue weighted by molar-refractivity contribution is -0.154. The van der Waals surface area contributed by atoms with Crippen molar-refractivity contribution in [2.24, 2.45) is 11.3 Å². The first-order valence-electron chi connectivity index (χ1n) is 9.97. The van der Waals surface area contributed by atoms with E-state index in [4.69, 9.17) is 19.2 Å². The molecule has 7 rings (SSSR count). The van der Waals surface area contributed by atoms with Gasteiger partial charge in [-0.2, -0.15) is 0 Å². The lowest BCUT2D eigenvalue weighted by Gasteiger charge is -2.43. The number of hydrogen-bond donors (Lipinski definition) is 0. The number of rotatable bonds is 3. The molecular formula is C21H22N2O4S. The predicted octanol–water partition coefficient (Wildman–Crippen LogP) is 3.63. The monoisotopic (exact) mass is 398 g/mol. The Bertz CT molecular complexity index is 931. The third kappa shape index (κ3) is 2.49. The quantitative estimate of drug-likeness (QED) is 0.790. The van der Waals surface area contributed by atoms with Crippen LogP contribution in [0.1, 0.15) is 36.8 Å². The van der Waals surface area contributed by atoms with Gasteiger partial charge in [0.15, 0.2) is 11.5 Å². The summed E-state index contributed by atoms with van der Waals surface area (Å²) in [6.45, 7) is 2.11. The number of morpholine rings is 1. The fourth-order valence-corrected chi connectivity index (χ4v) is 6.08. The van der Waals surface area contributed by atoms with Crippen molar-refractivity contribution in [3.8, 4) is 22.8 Å². The van der Waals surface area contributed by atoms with Gasteiger partial charge in [0, 0.05) is 22.9 Å². The molecule has 3 heterocycles. The van der Waals surface area contributed by atoms with E-state index >= 15 is 0 Å². The largest absolute Gasteiger partial charge is 0.454 e. The molecule has 5 aliphatic rings. The van der Waals surface area contributed by atoms with E-state index in [1.165, 1.54) is 6.42 Å². The van der Waals surface area contributed by atoms with E-state index in [0.29, 0.717) is 25.6 Å². The molecule has 3 saturated carbocycles. The first kappa shape index (κ1) is 16.8. The van der Waals surface area contributed by atoms with Gasteiger partial charge in [-0.3, -0.25) is 4.79 Å². The van der Waals surface area contributed by atoms with Crippen molar-refractivity contribution in [2.45, 2.75) is 31.8 Å². The first-order chi connectivity index (χ1) is 13.7. The summed E-state index contributed by atoms with van der Waals surface area (Å²) in [6.07, 6.45) is 4.33. The minimum atomic E-state index is -0.154. The molecule has 3 aliphatic carbocycles. The molecule has 1 aromatic heterocycles. The second-order valence-corrected chi connectivity index (χ2v) is 9.20. The molecule has 28 heavy (non-hydrogen) atoms. The standard InChI is InChI=1S/C21H22N2O4S/c24-20(21-5-4-13(8-21)9-21)23-6-7-25-17(10-23)19-22-15(11-28-19)14-2-1-3-16-18(14)27-12-26-16/h1-3,11,13,17H,4-10,12H2/t13?,17-,21?/m1/s1. The molecule has 6 nitrogen and oxygen atoms in total. The van der Waals surface area contributed by atoms with E-state index in [0.717, 1.165) is 52.9 Å². The Hall–Kier alpha value is -2.12. The maximum Gasteiger partial charge on any atom is 0.231 e. The lowest BCUT2D eigenvalue weighted by atomic mass is 9.68. The number of thiazole rings is 1. The zero-order chi connectivity index (χ0) is 18.7. The molecule has 1 aromatic carbocycles. The Morgan fingerprint density at radius 2 is 2.21 bits per heavy atom. The topological polar surface area (TPSA) is 60.9 Å². The highest BCUT2D eigenvalue weighted by atomic mass is 32.1. The van der Waals surface area contributed by atoms with E-state index in [1.807, 2.05) is 28.5 Å². The highest BCUT2D eigenvalue weighted by molar-refractivity contribution is 7.10. The van der Waals surface area contributed by atoms with Gasteiger partial charge in [0.1, 0.15) is 11.1 Å². The Kier molecular flexibility index (Phi) is 3.71. The zero-order valence-electron chi connectivity index (χ0n) is 15.6. The van der Waals surface area contributed by atoms with Crippen LogP contribution >= 0.6 is 11.3 Å². The second-order valence-electron chi connectivity index (χ2n) is 8.31. The van der Waals surface area contributed by atoms with Gasteiger partial charge in [0.25, 0.3) is 0 Å². The number of amides is 1. The number of nitrogens with zero attached hydrogens (tertiary/aromatic N) is 2. The summed E-state index contributed by atoms with van der Waals surface area (Å²) < 4.78 is 17.1. The second kappa shape index (κ2) is 6.19. The SMILES string of the molecule is O=C(N1CCO[C@@H](c2nc(-c3cccc4c3OCO4)cs2)C1)C12CCC(C1)C2. The Balaban J connectivity index is 1.22. The van der Waals surface area contributed by atoms with Gasteiger partial charge < -0.3 is 19.1 Å². The van der Waals surface area contributed by atoms with E-state index in [9.17, 15) is 4.79 Å². The Labute approximate surface area is 167 Å². The summed E-state index contributed by atoms with van der Waals surface area (Å²) in [7, 11) is 0. The number of hydrogen-bond acceptors (Lipinski definition) is 6. The number of para-hydroxylation sites is 1. The highest BCUT2D eigenvalue weighted by Gasteiger charge is 2.56. The number of benzene rings is 1. The molecule has 146 valence electrons. The van der Waals surface area contributed by atoms with E-state index in [2.05, 4.69) is 0 Å². The zero-order valence-corrected chi connectivity index (χ0v) is 16.4. The molecule has 1 amide bonds. The number of carbonyl (C=O) groups excluding carboxylic acids is 1. The minimum Gasteiger partial charge on any atom is -0.454 e. The van der Waals surface area contributed by atoms with Gasteiger partial charge in [0.05, 0.1) is 18.8 Å². The number of carbonyl (C=O) groups is 1. The lowest BCUT2D eigenvalue weighted by Crippen LogP contribution is -2.51. The number of ether oxygens (including phenoxy) is 3. The van der Waals surface area contributed by atoms with Gasteiger partial charge >= 0.3 is 0 Å². The highest BCUT2D eigenvalue weighted by Crippen LogP contribution is 2.59. The number of aromatic nitrogens is 1. The minimum absolute atomic E-state index is 0.0530. The summed E-state index contributed by atoms with van der Waals surface area (Å²) in [5, 5.41) is 2.95. The van der Waals surface area contributed by atoms with Gasteiger partial charge in [-0.25, -0.2) is 4.98 Å². The van der Waals surface area contributed by atoms with Crippen molar-refractivity contribution in [3.63, 3.8) is 0 Å². The van der Waals surface area contributed by atoms with Gasteiger partial charge in [0.2, 0.25) is 12.7 Å². The summed E-state index contributed by atoms with van der Waals surface area (Å²) in [4.78, 5) is 20.0. The summed E-state index contributed by atoms with van der Waals surface area (Å²) in [5.74, 6) is 2.65. The maximum absolute atomic E-state index is 13.1. The van der Waals surface area contributed by atoms with E-state index < -0.39 is 0 Å². The van der Waals surface area contributed by atoms with Crippen LogP contribution in [-0.2, 0) is 9.53 Å². The molecule has 1 atom stereocenters. The fourth-order valence-electron chi connectivity index (χ4n) is 5.23. The van der Waals surface area contributed by atoms with Crippen LogP contribution in [0.25, 0.3) is 11.3 Å². The molecule has 4 fully saturated rings. The van der Waals surface area contributed by atoms with Crippen molar-refractivity contribution < 1.29 is 19.0 Å². The van der Waals surface area contributed by atoms with Crippen molar-refractivity contribution in [1.29, 1.82) is 0 Å². The molecule has 2 bridgehead atoms. The smallest absolute Gasteiger partial charge is 0.231 e. The third-order valence-electron chi connectivity index (χ3n) is 6.67. The van der Waals surface area contributed by atoms with Crippen LogP contribution in [0, 0.1) is 11.3 Å². The average molecular weight is 398 g/mol. The summed E-state index contributed by atoms with van der Waals surface area (Å²) in [6, 6.07) is 5.85. The average Bonchev–Trinajstić information content (AvgIpc) is 3.50. The normalized spacial score (nSPS) is 30.4. The van der Waals surface area contributed by atoms with E-state index in [-0.39, 0.29) is 18.3 Å². The van der Waals surface area contributed by atoms with Crippen LogP contribution in [0.15, 0.2) is 23.6 Å². The summed E-state index contributed by atoms with van der Waals surface area (Å²) >= 11 is 1.58. The van der Waals surface area contributed by atoms with Crippen molar-refractivity contribution >= 4 is 17.2 Å². The Morgan fingerprint density at radius 1 is 1.29 bits per heavy atom. The van der Waals surface area contributed by atoms with Crippen molar-refractivity contribution in [2.75, 3.05) is 26.5 Å². The first-order valence-corrected chi connectivity index (χ1v) is 10.9. The predicted molar refractivity (Wildman–Crippen MR) is 103 cm³/mol. The van der Waals surface area contributed by atoms with Gasteiger partial charge in [-0.1, -0.05) is 6.07 Å². The van der Waals surface area contributed by atoms with Crippen LogP contribution in [0.5, 0.6) is 11.5 Å². The molecule has 7 heteroatoms. The molecule has 2 aromatic rings. The van der Waals surface area contributed by atoms with Crippen molar-refractivity contribution in [3.05, 3.63) is 28.6 Å². The van der Waals surface area contributed by atoms with Crippen LogP contribution in [0.2, 0.25) is 0 Å². The molecule has 1 saturated heterocycles. The Morgan fingerprint density at radius 3 is 3.07 bits per heavy atom. The molecular weight excluding hydrogens is 376 g/mol. The van der Waals surface area contributed by atoms with Crippen LogP contribution in [0.3, 0.4) is 0 Å². The van der Waals surface area contributed by atoms with Crippen molar-refractivity contribution in [1.82, 2.24) is 9.88 Å². The molecule has 0 spiro atoms. The van der Waals surface area contributed by atoms with Gasteiger partial charge in [-0.15, -0.1) is 11.3 Å². The van der Waals surface area contributed by atoms with Crippen LogP contribution < -0.4 is 9.47 Å². The third-order valence-corrected chi connectivity index (χ3v) is 7.60. The number of fused-ring (bicyclic) bond motifs is 2. The summed E-state index contributed by atoms with van der Waals surface area (Å²) in [5.41, 5.74) is 1.75. The van der Waals surface area contributed by atoms with Crippen LogP contribution in [-0.4, -0.2) is 42.3 Å². The maximum atomic E-state index is 13.1. The molecule has 2 aliphatic heterocycles. The fraction of sp³-hybridized carbons (Fsp3) is 0.524. The van der Waals surface area contributed by atoms with Crippen LogP contribution in [0.4, 0.5) is 0 Å².